The molecule has 0 heterocycles. The highest BCUT2D eigenvalue weighted by Crippen LogP contribution is 2.40. The van der Waals surface area contributed by atoms with E-state index in [1.807, 2.05) is 50.2 Å². The van der Waals surface area contributed by atoms with Crippen molar-refractivity contribution in [1.29, 1.82) is 0 Å². The van der Waals surface area contributed by atoms with Gasteiger partial charge in [-0.2, -0.15) is 0 Å². The van der Waals surface area contributed by atoms with Crippen molar-refractivity contribution in [2.24, 2.45) is 0 Å². The normalized spacial score (nSPS) is 16.4. The standard InChI is InChI=1S/C33H28F3O3S/c1-22-19-26(40(24-11-5-3-6-12-24)25-13-7-4-8-14-25)20-23(2)32(22)38-21-29(37)39-33(17-9-10-18-33)27-15-16-28(34)31(36)30(27)35/h3-9,11-17,19-20H,10,18,21H2,1-2H3/q+1. The van der Waals surface area contributed by atoms with Gasteiger partial charge in [-0.3, -0.25) is 0 Å². The molecule has 0 fully saturated rings. The molecule has 0 aromatic heterocycles. The van der Waals surface area contributed by atoms with Crippen LogP contribution in [0.1, 0.15) is 29.5 Å². The minimum Gasteiger partial charge on any atom is -0.481 e. The summed E-state index contributed by atoms with van der Waals surface area (Å²) in [6.07, 6.45) is 3.95. The Hall–Kier alpha value is -3.97. The van der Waals surface area contributed by atoms with Gasteiger partial charge in [0, 0.05) is 17.7 Å². The van der Waals surface area contributed by atoms with Crippen molar-refractivity contribution in [1.82, 2.24) is 0 Å². The van der Waals surface area contributed by atoms with Crippen molar-refractivity contribution in [2.45, 2.75) is 47.0 Å². The Morgan fingerprint density at radius 1 is 0.825 bits per heavy atom. The Balaban J connectivity index is 1.37. The lowest BCUT2D eigenvalue weighted by atomic mass is 9.92. The molecule has 4 aromatic carbocycles. The van der Waals surface area contributed by atoms with Gasteiger partial charge in [-0.1, -0.05) is 42.5 Å². The first-order valence-electron chi connectivity index (χ1n) is 12.9. The predicted molar refractivity (Wildman–Crippen MR) is 149 cm³/mol. The van der Waals surface area contributed by atoms with Crippen LogP contribution in [0.4, 0.5) is 13.2 Å². The minimum absolute atomic E-state index is 0.217. The molecule has 1 unspecified atom stereocenters. The van der Waals surface area contributed by atoms with Crippen molar-refractivity contribution in [2.75, 3.05) is 6.61 Å². The molecular formula is C33H28F3O3S+. The summed E-state index contributed by atoms with van der Waals surface area (Å²) in [7, 11) is -0.340. The number of halogens is 3. The molecule has 1 aliphatic rings. The topological polar surface area (TPSA) is 35.5 Å². The molecular weight excluding hydrogens is 533 g/mol. The number of ether oxygens (including phenoxy) is 2. The van der Waals surface area contributed by atoms with E-state index in [0.717, 1.165) is 28.2 Å². The molecule has 0 aliphatic heterocycles. The SMILES string of the molecule is Cc1cc([S+](c2ccccc2)c2ccccc2)cc(C)c1OCC(=O)OC1(c2ccc(F)c(F)c2F)C=CCC1. The first-order chi connectivity index (χ1) is 19.3. The van der Waals surface area contributed by atoms with Crippen LogP contribution in [-0.4, -0.2) is 12.6 Å². The van der Waals surface area contributed by atoms with Gasteiger partial charge in [-0.05, 0) is 80.3 Å². The summed E-state index contributed by atoms with van der Waals surface area (Å²) in [6, 6.07) is 26.6. The monoisotopic (exact) mass is 561 g/mol. The quantitative estimate of drug-likeness (QED) is 0.0947. The molecule has 0 amide bonds. The second-order valence-electron chi connectivity index (χ2n) is 9.63. The lowest BCUT2D eigenvalue weighted by Crippen LogP contribution is -2.32. The zero-order valence-electron chi connectivity index (χ0n) is 22.1. The van der Waals surface area contributed by atoms with E-state index in [9.17, 15) is 18.0 Å². The third kappa shape index (κ3) is 5.52. The van der Waals surface area contributed by atoms with Gasteiger partial charge in [0.2, 0.25) is 0 Å². The molecule has 1 atom stereocenters. The molecule has 7 heteroatoms. The number of allylic oxidation sites excluding steroid dienone is 1. The van der Waals surface area contributed by atoms with E-state index in [2.05, 4.69) is 36.4 Å². The van der Waals surface area contributed by atoms with Crippen molar-refractivity contribution >= 4 is 16.9 Å². The molecule has 3 nitrogen and oxygen atoms in total. The molecule has 204 valence electrons. The summed E-state index contributed by atoms with van der Waals surface area (Å²) in [5, 5.41) is 0. The number of rotatable bonds is 8. The highest BCUT2D eigenvalue weighted by molar-refractivity contribution is 7.97. The Bertz CT molecular complexity index is 1490. The fraction of sp³-hybridized carbons (Fsp3) is 0.182. The van der Waals surface area contributed by atoms with Crippen LogP contribution < -0.4 is 4.74 Å². The maximum atomic E-state index is 14.6. The highest BCUT2D eigenvalue weighted by Gasteiger charge is 2.40. The van der Waals surface area contributed by atoms with Gasteiger partial charge < -0.3 is 9.47 Å². The summed E-state index contributed by atoms with van der Waals surface area (Å²) in [4.78, 5) is 16.4. The first kappa shape index (κ1) is 27.6. The molecule has 0 N–H and O–H groups in total. The highest BCUT2D eigenvalue weighted by atomic mass is 32.2. The number of carbonyl (C=O) groups excluding carboxylic acids is 1. The number of carbonyl (C=O) groups is 1. The third-order valence-corrected chi connectivity index (χ3v) is 9.01. The van der Waals surface area contributed by atoms with E-state index in [1.165, 1.54) is 15.9 Å². The molecule has 0 bridgehead atoms. The number of hydrogen-bond donors (Lipinski definition) is 0. The van der Waals surface area contributed by atoms with Gasteiger partial charge in [0.15, 0.2) is 44.3 Å². The number of aryl methyl sites for hydroxylation is 2. The molecule has 0 saturated carbocycles. The van der Waals surface area contributed by atoms with Gasteiger partial charge >= 0.3 is 5.97 Å². The van der Waals surface area contributed by atoms with Gasteiger partial charge in [-0.25, -0.2) is 18.0 Å². The van der Waals surface area contributed by atoms with Gasteiger partial charge in [0.25, 0.3) is 0 Å². The molecule has 40 heavy (non-hydrogen) atoms. The fourth-order valence-electron chi connectivity index (χ4n) is 5.01. The lowest BCUT2D eigenvalue weighted by molar-refractivity contribution is -0.158. The van der Waals surface area contributed by atoms with Crippen LogP contribution in [0.25, 0.3) is 0 Å². The van der Waals surface area contributed by atoms with E-state index in [1.54, 1.807) is 6.08 Å². The van der Waals surface area contributed by atoms with Crippen LogP contribution in [0.2, 0.25) is 0 Å². The Morgan fingerprint density at radius 3 is 1.98 bits per heavy atom. The minimum atomic E-state index is -1.60. The largest absolute Gasteiger partial charge is 0.481 e. The maximum absolute atomic E-state index is 14.6. The Morgan fingerprint density at radius 2 is 1.43 bits per heavy atom. The summed E-state index contributed by atoms with van der Waals surface area (Å²) in [5.74, 6) is -4.45. The maximum Gasteiger partial charge on any atom is 0.345 e. The van der Waals surface area contributed by atoms with E-state index in [4.69, 9.17) is 9.47 Å². The van der Waals surface area contributed by atoms with Crippen molar-refractivity contribution in [3.05, 3.63) is 131 Å². The zero-order chi connectivity index (χ0) is 28.3. The van der Waals surface area contributed by atoms with Crippen LogP contribution in [0.5, 0.6) is 5.75 Å². The second-order valence-corrected chi connectivity index (χ2v) is 11.7. The first-order valence-corrected chi connectivity index (χ1v) is 14.1. The molecule has 1 aliphatic carbocycles. The summed E-state index contributed by atoms with van der Waals surface area (Å²) in [6.45, 7) is 3.42. The van der Waals surface area contributed by atoms with E-state index in [0.29, 0.717) is 12.2 Å². The van der Waals surface area contributed by atoms with Crippen LogP contribution in [0, 0.1) is 31.3 Å². The van der Waals surface area contributed by atoms with Gasteiger partial charge in [0.05, 0.1) is 10.9 Å². The average molecular weight is 562 g/mol. The smallest absolute Gasteiger partial charge is 0.345 e. The summed E-state index contributed by atoms with van der Waals surface area (Å²) < 4.78 is 53.7. The van der Waals surface area contributed by atoms with Crippen molar-refractivity contribution in [3.8, 4) is 5.75 Å². The number of hydrogen-bond acceptors (Lipinski definition) is 3. The third-order valence-electron chi connectivity index (χ3n) is 6.82. The molecule has 5 rings (SSSR count). The van der Waals surface area contributed by atoms with Crippen LogP contribution in [-0.2, 0) is 26.0 Å². The molecule has 0 saturated heterocycles. The van der Waals surface area contributed by atoms with Crippen LogP contribution in [0.15, 0.2) is 112 Å². The van der Waals surface area contributed by atoms with Gasteiger partial charge in [-0.15, -0.1) is 0 Å². The van der Waals surface area contributed by atoms with Crippen LogP contribution >= 0.6 is 0 Å². The summed E-state index contributed by atoms with van der Waals surface area (Å²) in [5.41, 5.74) is -0.0325. The molecule has 4 aromatic rings. The van der Waals surface area contributed by atoms with E-state index >= 15 is 0 Å². The van der Waals surface area contributed by atoms with E-state index < -0.39 is 35.6 Å². The van der Waals surface area contributed by atoms with Crippen molar-refractivity contribution in [3.63, 3.8) is 0 Å². The Kier molecular flexibility index (Phi) is 8.03. The second kappa shape index (κ2) is 11.6. The predicted octanol–water partition coefficient (Wildman–Crippen LogP) is 7.98. The molecule has 0 spiro atoms. The summed E-state index contributed by atoms with van der Waals surface area (Å²) >= 11 is 0. The zero-order valence-corrected chi connectivity index (χ0v) is 22.9. The number of esters is 1. The van der Waals surface area contributed by atoms with Crippen LogP contribution in [0.3, 0.4) is 0 Å². The molecule has 0 radical (unpaired) electrons. The van der Waals surface area contributed by atoms with E-state index in [-0.39, 0.29) is 22.9 Å². The fourth-order valence-corrected chi connectivity index (χ4v) is 7.28. The van der Waals surface area contributed by atoms with Crippen molar-refractivity contribution < 1.29 is 27.4 Å². The average Bonchev–Trinajstić information content (AvgIpc) is 3.41. The Labute approximate surface area is 234 Å². The van der Waals surface area contributed by atoms with Gasteiger partial charge in [0.1, 0.15) is 5.75 Å². The lowest BCUT2D eigenvalue weighted by Gasteiger charge is -2.28. The number of benzene rings is 4.